The lowest BCUT2D eigenvalue weighted by Gasteiger charge is -2.29. The quantitative estimate of drug-likeness (QED) is 0.670. The maximum atomic E-state index is 13.4. The number of nitrogens with zero attached hydrogens (tertiary/aromatic N) is 5. The van der Waals surface area contributed by atoms with Crippen LogP contribution in [0.3, 0.4) is 0 Å². The minimum atomic E-state index is -0.277. The molecule has 0 spiro atoms. The van der Waals surface area contributed by atoms with E-state index in [1.165, 1.54) is 4.57 Å². The standard InChI is InChI=1S/C22H28N6O3/c1-15-13-18-20(26(15)4)21(30)28(22(24-18)27-9-11-31-12-10-27)14-19(29)23-16-5-7-17(8-6-16)25(2)3/h5-8,13H,9-12,14H2,1-4H3,(H,23,29). The average Bonchev–Trinajstić information content (AvgIpc) is 3.04. The van der Waals surface area contributed by atoms with Crippen molar-refractivity contribution < 1.29 is 9.53 Å². The fourth-order valence-electron chi connectivity index (χ4n) is 3.77. The van der Waals surface area contributed by atoms with Crippen LogP contribution in [0.1, 0.15) is 5.69 Å². The van der Waals surface area contributed by atoms with E-state index in [0.29, 0.717) is 49.0 Å². The van der Waals surface area contributed by atoms with Crippen LogP contribution in [0.25, 0.3) is 11.0 Å². The average molecular weight is 425 g/mol. The molecule has 4 rings (SSSR count). The number of benzene rings is 1. The topological polar surface area (TPSA) is 84.6 Å². The zero-order chi connectivity index (χ0) is 22.1. The lowest BCUT2D eigenvalue weighted by atomic mass is 10.2. The smallest absolute Gasteiger partial charge is 0.279 e. The van der Waals surface area contributed by atoms with Gasteiger partial charge in [-0.3, -0.25) is 14.2 Å². The second-order valence-corrected chi connectivity index (χ2v) is 7.97. The number of carbonyl (C=O) groups is 1. The Morgan fingerprint density at radius 1 is 1.19 bits per heavy atom. The molecule has 1 fully saturated rings. The van der Waals surface area contributed by atoms with Gasteiger partial charge in [-0.2, -0.15) is 0 Å². The van der Waals surface area contributed by atoms with Crippen LogP contribution in [-0.4, -0.2) is 60.4 Å². The number of aromatic nitrogens is 3. The minimum Gasteiger partial charge on any atom is -0.378 e. The van der Waals surface area contributed by atoms with Crippen LogP contribution < -0.4 is 20.7 Å². The summed E-state index contributed by atoms with van der Waals surface area (Å²) in [5.41, 5.74) is 3.58. The van der Waals surface area contributed by atoms with Crippen molar-refractivity contribution in [2.45, 2.75) is 13.5 Å². The zero-order valence-electron chi connectivity index (χ0n) is 18.4. The second kappa shape index (κ2) is 8.43. The van der Waals surface area contributed by atoms with Gasteiger partial charge in [0.2, 0.25) is 11.9 Å². The minimum absolute atomic E-state index is 0.117. The van der Waals surface area contributed by atoms with Crippen LogP contribution in [0.15, 0.2) is 35.1 Å². The molecule has 9 nitrogen and oxygen atoms in total. The maximum absolute atomic E-state index is 13.4. The van der Waals surface area contributed by atoms with Gasteiger partial charge in [-0.05, 0) is 37.3 Å². The maximum Gasteiger partial charge on any atom is 0.279 e. The molecule has 1 aromatic carbocycles. The number of rotatable bonds is 5. The van der Waals surface area contributed by atoms with Crippen molar-refractivity contribution in [1.29, 1.82) is 0 Å². The third kappa shape index (κ3) is 4.13. The van der Waals surface area contributed by atoms with Gasteiger partial charge in [-0.25, -0.2) is 4.98 Å². The van der Waals surface area contributed by atoms with Crippen molar-refractivity contribution >= 4 is 34.3 Å². The molecule has 0 unspecified atom stereocenters. The predicted molar refractivity (Wildman–Crippen MR) is 122 cm³/mol. The molecule has 1 aliphatic heterocycles. The summed E-state index contributed by atoms with van der Waals surface area (Å²) in [4.78, 5) is 35.0. The van der Waals surface area contributed by atoms with Gasteiger partial charge in [0.05, 0.1) is 18.7 Å². The molecule has 1 amide bonds. The van der Waals surface area contributed by atoms with Gasteiger partial charge in [0, 0.05) is 51.3 Å². The molecule has 1 N–H and O–H groups in total. The molecule has 3 heterocycles. The molecule has 9 heteroatoms. The highest BCUT2D eigenvalue weighted by molar-refractivity contribution is 5.91. The summed E-state index contributed by atoms with van der Waals surface area (Å²) < 4.78 is 8.74. The van der Waals surface area contributed by atoms with E-state index in [2.05, 4.69) is 5.32 Å². The Balaban J connectivity index is 1.67. The van der Waals surface area contributed by atoms with Crippen molar-refractivity contribution in [3.05, 3.63) is 46.4 Å². The number of morpholine rings is 1. The first-order chi connectivity index (χ1) is 14.8. The number of carbonyl (C=O) groups excluding carboxylic acids is 1. The molecular formula is C22H28N6O3. The van der Waals surface area contributed by atoms with E-state index in [1.54, 1.807) is 0 Å². The van der Waals surface area contributed by atoms with Crippen molar-refractivity contribution in [3.8, 4) is 0 Å². The summed E-state index contributed by atoms with van der Waals surface area (Å²) >= 11 is 0. The third-order valence-electron chi connectivity index (χ3n) is 5.63. The fourth-order valence-corrected chi connectivity index (χ4v) is 3.77. The zero-order valence-corrected chi connectivity index (χ0v) is 18.4. The van der Waals surface area contributed by atoms with Gasteiger partial charge in [-0.1, -0.05) is 0 Å². The summed E-state index contributed by atoms with van der Waals surface area (Å²) in [6.45, 7) is 4.19. The Kier molecular flexibility index (Phi) is 5.69. The van der Waals surface area contributed by atoms with Crippen LogP contribution in [0.4, 0.5) is 17.3 Å². The Morgan fingerprint density at radius 3 is 2.52 bits per heavy atom. The Bertz CT molecular complexity index is 1160. The molecule has 1 aliphatic rings. The number of nitrogens with one attached hydrogen (secondary N) is 1. The third-order valence-corrected chi connectivity index (χ3v) is 5.63. The normalized spacial score (nSPS) is 14.1. The number of hydrogen-bond acceptors (Lipinski definition) is 6. The van der Waals surface area contributed by atoms with Gasteiger partial charge < -0.3 is 24.4 Å². The number of amides is 1. The molecule has 0 bridgehead atoms. The number of hydrogen-bond donors (Lipinski definition) is 1. The molecule has 164 valence electrons. The monoisotopic (exact) mass is 424 g/mol. The summed E-state index contributed by atoms with van der Waals surface area (Å²) in [6, 6.07) is 9.46. The van der Waals surface area contributed by atoms with Crippen LogP contribution in [0.5, 0.6) is 0 Å². The van der Waals surface area contributed by atoms with Crippen molar-refractivity contribution in [3.63, 3.8) is 0 Å². The van der Waals surface area contributed by atoms with E-state index >= 15 is 0 Å². The highest BCUT2D eigenvalue weighted by atomic mass is 16.5. The molecular weight excluding hydrogens is 396 g/mol. The van der Waals surface area contributed by atoms with Crippen molar-refractivity contribution in [2.24, 2.45) is 7.05 Å². The van der Waals surface area contributed by atoms with E-state index in [4.69, 9.17) is 9.72 Å². The first kappa shape index (κ1) is 20.9. The lowest BCUT2D eigenvalue weighted by molar-refractivity contribution is -0.116. The van der Waals surface area contributed by atoms with Crippen molar-refractivity contribution in [2.75, 3.05) is 55.5 Å². The molecule has 3 aromatic rings. The van der Waals surface area contributed by atoms with E-state index in [1.807, 2.05) is 72.8 Å². The first-order valence-electron chi connectivity index (χ1n) is 10.3. The van der Waals surface area contributed by atoms with Gasteiger partial charge in [0.1, 0.15) is 12.1 Å². The van der Waals surface area contributed by atoms with E-state index in [9.17, 15) is 9.59 Å². The summed E-state index contributed by atoms with van der Waals surface area (Å²) in [7, 11) is 5.76. The highest BCUT2D eigenvalue weighted by Gasteiger charge is 2.22. The Morgan fingerprint density at radius 2 is 1.87 bits per heavy atom. The molecule has 0 atom stereocenters. The number of aryl methyl sites for hydroxylation is 2. The number of anilines is 3. The van der Waals surface area contributed by atoms with Crippen LogP contribution >= 0.6 is 0 Å². The Labute approximate surface area is 180 Å². The van der Waals surface area contributed by atoms with Gasteiger partial charge in [0.25, 0.3) is 5.56 Å². The van der Waals surface area contributed by atoms with Crippen LogP contribution in [0.2, 0.25) is 0 Å². The van der Waals surface area contributed by atoms with Crippen LogP contribution in [-0.2, 0) is 23.1 Å². The fraction of sp³-hybridized carbons (Fsp3) is 0.409. The summed E-state index contributed by atoms with van der Waals surface area (Å²) in [5, 5.41) is 2.89. The number of fused-ring (bicyclic) bond motifs is 1. The molecule has 0 radical (unpaired) electrons. The van der Waals surface area contributed by atoms with E-state index in [0.717, 1.165) is 11.4 Å². The molecule has 31 heavy (non-hydrogen) atoms. The number of ether oxygens (including phenoxy) is 1. The van der Waals surface area contributed by atoms with Gasteiger partial charge >= 0.3 is 0 Å². The summed E-state index contributed by atoms with van der Waals surface area (Å²) in [5.74, 6) is 0.228. The summed E-state index contributed by atoms with van der Waals surface area (Å²) in [6.07, 6.45) is 0. The highest BCUT2D eigenvalue weighted by Crippen LogP contribution is 2.20. The molecule has 0 aliphatic carbocycles. The van der Waals surface area contributed by atoms with E-state index in [-0.39, 0.29) is 18.0 Å². The molecule has 0 saturated carbocycles. The lowest BCUT2D eigenvalue weighted by Crippen LogP contribution is -2.42. The van der Waals surface area contributed by atoms with Crippen molar-refractivity contribution in [1.82, 2.24) is 14.1 Å². The first-order valence-corrected chi connectivity index (χ1v) is 10.3. The Hall–Kier alpha value is -3.33. The largest absolute Gasteiger partial charge is 0.378 e. The SMILES string of the molecule is Cc1cc2nc(N3CCOCC3)n(CC(=O)Nc3ccc(N(C)C)cc3)c(=O)c2n1C. The molecule has 1 saturated heterocycles. The second-order valence-electron chi connectivity index (χ2n) is 7.97. The van der Waals surface area contributed by atoms with Gasteiger partial charge in [-0.15, -0.1) is 0 Å². The van der Waals surface area contributed by atoms with E-state index < -0.39 is 0 Å². The van der Waals surface area contributed by atoms with Crippen LogP contribution in [0, 0.1) is 6.92 Å². The molecule has 2 aromatic heterocycles. The predicted octanol–water partition coefficient (Wildman–Crippen LogP) is 1.58. The van der Waals surface area contributed by atoms with Gasteiger partial charge in [0.15, 0.2) is 0 Å².